The molecular formula is C41H39NO7. The van der Waals surface area contributed by atoms with Gasteiger partial charge >= 0.3 is 5.97 Å². The van der Waals surface area contributed by atoms with Crippen LogP contribution in [-0.2, 0) is 22.6 Å². The maximum atomic E-state index is 12.8. The van der Waals surface area contributed by atoms with E-state index in [9.17, 15) is 9.59 Å². The number of methoxy groups -OCH3 is 1. The highest BCUT2D eigenvalue weighted by Gasteiger charge is 2.23. The second kappa shape index (κ2) is 15.5. The van der Waals surface area contributed by atoms with Gasteiger partial charge in [0.05, 0.1) is 13.7 Å². The van der Waals surface area contributed by atoms with Crippen LogP contribution in [0, 0.1) is 6.92 Å². The van der Waals surface area contributed by atoms with Gasteiger partial charge in [-0.05, 0) is 86.2 Å². The number of fused-ring (bicyclic) bond motifs is 1. The minimum atomic E-state index is -0.814. The Kier molecular flexibility index (Phi) is 10.5. The van der Waals surface area contributed by atoms with E-state index in [2.05, 4.69) is 12.1 Å². The number of oxazole rings is 1. The molecule has 0 spiro atoms. The number of carbonyl (C=O) groups excluding carboxylic acids is 2. The molecule has 8 nitrogen and oxygen atoms in total. The van der Waals surface area contributed by atoms with Crippen molar-refractivity contribution in [2.24, 2.45) is 0 Å². The highest BCUT2D eigenvalue weighted by atomic mass is 16.6. The van der Waals surface area contributed by atoms with E-state index in [-0.39, 0.29) is 19.0 Å². The third-order valence-electron chi connectivity index (χ3n) is 8.43. The number of hydrogen-bond donors (Lipinski definition) is 0. The van der Waals surface area contributed by atoms with E-state index >= 15 is 0 Å². The Hall–Kier alpha value is -5.63. The van der Waals surface area contributed by atoms with Crippen molar-refractivity contribution in [1.82, 2.24) is 4.98 Å². The number of hydrogen-bond acceptors (Lipinski definition) is 8. The summed E-state index contributed by atoms with van der Waals surface area (Å²) in [6.07, 6.45) is 5.42. The zero-order valence-corrected chi connectivity index (χ0v) is 27.9. The SMILES string of the molecule is CCOC(=O)C(CC/C=C/c1cc(-c2ccc3c(c2)CCC3=O)ccc1OCc1nc(-c2ccccc2)oc1C)Oc1ccccc1OC. The topological polar surface area (TPSA) is 97.1 Å². The lowest BCUT2D eigenvalue weighted by Gasteiger charge is -2.18. The summed E-state index contributed by atoms with van der Waals surface area (Å²) in [6.45, 7) is 4.13. The quantitative estimate of drug-likeness (QED) is 0.109. The fraction of sp³-hybridized carbons (Fsp3) is 0.244. The Morgan fingerprint density at radius 3 is 2.45 bits per heavy atom. The monoisotopic (exact) mass is 657 g/mol. The summed E-state index contributed by atoms with van der Waals surface area (Å²) < 4.78 is 29.1. The summed E-state index contributed by atoms with van der Waals surface area (Å²) in [4.78, 5) is 29.8. The normalized spacial score (nSPS) is 12.9. The smallest absolute Gasteiger partial charge is 0.347 e. The average Bonchev–Trinajstić information content (AvgIpc) is 3.70. The van der Waals surface area contributed by atoms with Gasteiger partial charge in [-0.15, -0.1) is 0 Å². The number of rotatable bonds is 14. The van der Waals surface area contributed by atoms with Crippen molar-refractivity contribution >= 4 is 17.8 Å². The van der Waals surface area contributed by atoms with E-state index in [0.717, 1.165) is 39.8 Å². The summed E-state index contributed by atoms with van der Waals surface area (Å²) in [7, 11) is 1.56. The molecule has 8 heteroatoms. The molecule has 5 aromatic rings. The van der Waals surface area contributed by atoms with Gasteiger partial charge in [0.15, 0.2) is 23.4 Å². The lowest BCUT2D eigenvalue weighted by atomic mass is 9.98. The molecule has 1 aliphatic rings. The summed E-state index contributed by atoms with van der Waals surface area (Å²) in [5.74, 6) is 2.70. The number of benzene rings is 4. The van der Waals surface area contributed by atoms with E-state index in [4.69, 9.17) is 28.3 Å². The average molecular weight is 658 g/mol. The van der Waals surface area contributed by atoms with Gasteiger partial charge in [0.25, 0.3) is 0 Å². The number of para-hydroxylation sites is 2. The predicted octanol–water partition coefficient (Wildman–Crippen LogP) is 8.84. The van der Waals surface area contributed by atoms with Crippen molar-refractivity contribution in [3.05, 3.63) is 125 Å². The maximum absolute atomic E-state index is 12.8. The van der Waals surface area contributed by atoms with Crippen molar-refractivity contribution in [3.8, 4) is 39.8 Å². The predicted molar refractivity (Wildman–Crippen MR) is 188 cm³/mol. The van der Waals surface area contributed by atoms with E-state index in [1.165, 1.54) is 0 Å². The molecule has 1 aromatic heterocycles. The van der Waals surface area contributed by atoms with Crippen LogP contribution < -0.4 is 14.2 Å². The van der Waals surface area contributed by atoms with Crippen LogP contribution in [0.5, 0.6) is 17.2 Å². The molecule has 0 fully saturated rings. The number of Topliss-reactive ketones (excluding diaryl/α,β-unsaturated/α-hetero) is 1. The lowest BCUT2D eigenvalue weighted by Crippen LogP contribution is -2.29. The molecule has 0 amide bonds. The van der Waals surface area contributed by atoms with E-state index in [1.807, 2.05) is 85.8 Å². The molecule has 49 heavy (non-hydrogen) atoms. The molecule has 6 rings (SSSR count). The molecule has 0 bridgehead atoms. The molecule has 0 saturated heterocycles. The third kappa shape index (κ3) is 7.92. The summed E-state index contributed by atoms with van der Waals surface area (Å²) in [6, 6.07) is 29.1. The minimum absolute atomic E-state index is 0.198. The number of carbonyl (C=O) groups is 2. The first-order valence-electron chi connectivity index (χ1n) is 16.5. The summed E-state index contributed by atoms with van der Waals surface area (Å²) >= 11 is 0. The number of nitrogens with zero attached hydrogens (tertiary/aromatic N) is 1. The molecule has 0 aliphatic heterocycles. The first kappa shape index (κ1) is 33.3. The molecule has 4 aromatic carbocycles. The Morgan fingerprint density at radius 1 is 0.898 bits per heavy atom. The van der Waals surface area contributed by atoms with E-state index in [0.29, 0.717) is 53.9 Å². The zero-order valence-electron chi connectivity index (χ0n) is 27.9. The molecule has 1 unspecified atom stereocenters. The standard InChI is InChI=1S/C41H39NO7/c1-4-46-41(44)39(49-38-16-11-10-15-37(38)45-3)17-9-8-14-32-25-30(29-18-21-33-31(24-29)19-22-35(33)43)20-23-36(32)47-26-34-27(2)48-40(42-34)28-12-6-5-7-13-28/h5-8,10-16,18,20-21,23-25,39H,4,9,17,19,22,26H2,1-3H3/b14-8+. The van der Waals surface area contributed by atoms with Gasteiger partial charge in [0, 0.05) is 23.1 Å². The first-order chi connectivity index (χ1) is 23.9. The Bertz CT molecular complexity index is 1960. The van der Waals surface area contributed by atoms with Crippen LogP contribution in [0.4, 0.5) is 0 Å². The van der Waals surface area contributed by atoms with Gasteiger partial charge in [0.2, 0.25) is 5.89 Å². The van der Waals surface area contributed by atoms with Crippen molar-refractivity contribution in [2.45, 2.75) is 52.2 Å². The Balaban J connectivity index is 1.23. The Morgan fingerprint density at radius 2 is 1.65 bits per heavy atom. The molecule has 1 atom stereocenters. The van der Waals surface area contributed by atoms with Gasteiger partial charge in [-0.1, -0.05) is 66.7 Å². The number of ether oxygens (including phenoxy) is 4. The van der Waals surface area contributed by atoms with Crippen LogP contribution in [0.1, 0.15) is 59.1 Å². The number of ketones is 1. The van der Waals surface area contributed by atoms with E-state index in [1.54, 1.807) is 26.2 Å². The van der Waals surface area contributed by atoms with Crippen molar-refractivity contribution < 1.29 is 33.0 Å². The van der Waals surface area contributed by atoms with Crippen LogP contribution in [0.3, 0.4) is 0 Å². The third-order valence-corrected chi connectivity index (χ3v) is 8.43. The molecular weight excluding hydrogens is 618 g/mol. The largest absolute Gasteiger partial charge is 0.493 e. The maximum Gasteiger partial charge on any atom is 0.347 e. The van der Waals surface area contributed by atoms with Crippen LogP contribution >= 0.6 is 0 Å². The van der Waals surface area contributed by atoms with Gasteiger partial charge < -0.3 is 23.4 Å². The first-order valence-corrected chi connectivity index (χ1v) is 16.5. The van der Waals surface area contributed by atoms with Crippen LogP contribution in [0.15, 0.2) is 101 Å². The number of aromatic nitrogens is 1. The zero-order chi connectivity index (χ0) is 34.2. The van der Waals surface area contributed by atoms with Crippen LogP contribution in [0.25, 0.3) is 28.7 Å². The van der Waals surface area contributed by atoms with Gasteiger partial charge in [0.1, 0.15) is 23.8 Å². The highest BCUT2D eigenvalue weighted by Crippen LogP contribution is 2.33. The van der Waals surface area contributed by atoms with Gasteiger partial charge in [-0.2, -0.15) is 0 Å². The second-order valence-corrected chi connectivity index (χ2v) is 11.7. The molecule has 0 saturated carbocycles. The minimum Gasteiger partial charge on any atom is -0.493 e. The fourth-order valence-electron chi connectivity index (χ4n) is 5.82. The van der Waals surface area contributed by atoms with Crippen LogP contribution in [0.2, 0.25) is 0 Å². The van der Waals surface area contributed by atoms with E-state index < -0.39 is 12.1 Å². The number of esters is 1. The molecule has 1 heterocycles. The summed E-state index contributed by atoms with van der Waals surface area (Å²) in [5, 5.41) is 0. The molecule has 1 aliphatic carbocycles. The van der Waals surface area contributed by atoms with Crippen LogP contribution in [-0.4, -0.2) is 36.6 Å². The van der Waals surface area contributed by atoms with Crippen molar-refractivity contribution in [3.63, 3.8) is 0 Å². The second-order valence-electron chi connectivity index (χ2n) is 11.7. The highest BCUT2D eigenvalue weighted by molar-refractivity contribution is 6.01. The molecule has 250 valence electrons. The number of aryl methyl sites for hydroxylation is 2. The Labute approximate surface area is 286 Å². The number of allylic oxidation sites excluding steroid dienone is 1. The molecule has 0 radical (unpaired) electrons. The van der Waals surface area contributed by atoms with Gasteiger partial charge in [-0.3, -0.25) is 4.79 Å². The van der Waals surface area contributed by atoms with Crippen molar-refractivity contribution in [1.29, 1.82) is 0 Å². The molecule has 0 N–H and O–H groups in total. The lowest BCUT2D eigenvalue weighted by molar-refractivity contribution is -0.151. The van der Waals surface area contributed by atoms with Crippen molar-refractivity contribution in [2.75, 3.05) is 13.7 Å². The van der Waals surface area contributed by atoms with Gasteiger partial charge in [-0.25, -0.2) is 9.78 Å². The summed E-state index contributed by atoms with van der Waals surface area (Å²) in [5.41, 5.74) is 6.40. The fourth-order valence-corrected chi connectivity index (χ4v) is 5.82.